The van der Waals surface area contributed by atoms with Crippen molar-refractivity contribution in [3.05, 3.63) is 36.7 Å². The number of halogens is 4. The van der Waals surface area contributed by atoms with Gasteiger partial charge in [-0.3, -0.25) is 4.98 Å². The van der Waals surface area contributed by atoms with Crippen LogP contribution in [0, 0.1) is 9.39 Å². The van der Waals surface area contributed by atoms with E-state index < -0.39 is 0 Å². The fraction of sp³-hybridized carbons (Fsp3) is 0. The van der Waals surface area contributed by atoms with Crippen molar-refractivity contribution in [1.29, 1.82) is 0 Å². The Hall–Kier alpha value is 0.250. The molecule has 0 bridgehead atoms. The second-order valence-electron chi connectivity index (χ2n) is 2.70. The van der Waals surface area contributed by atoms with Gasteiger partial charge in [-0.05, 0) is 66.6 Å². The molecule has 0 spiro atoms. The zero-order chi connectivity index (χ0) is 10.3. The molecule has 1 heterocycles. The molecule has 0 aliphatic rings. The molecule has 2 rings (SSSR count). The molecule has 0 fully saturated rings. The largest absolute Gasteiger partial charge is 0.254 e. The number of hydrogen-bond acceptors (Lipinski definition) is 1. The summed E-state index contributed by atoms with van der Waals surface area (Å²) in [5.41, 5.74) is 0.807. The summed E-state index contributed by atoms with van der Waals surface area (Å²) in [5, 5.41) is 0.781. The smallest absolute Gasteiger partial charge is 0.125 e. The van der Waals surface area contributed by atoms with Crippen molar-refractivity contribution in [2.45, 2.75) is 0 Å². The highest BCUT2D eigenvalue weighted by atomic mass is 127. The number of hydrogen-bond donors (Lipinski definition) is 0. The normalized spacial score (nSPS) is 10.9. The molecule has 0 radical (unpaired) electrons. The first-order chi connectivity index (χ1) is 6.59. The van der Waals surface area contributed by atoms with E-state index >= 15 is 0 Å². The lowest BCUT2D eigenvalue weighted by atomic mass is 10.2. The van der Waals surface area contributed by atoms with Gasteiger partial charge in [0, 0.05) is 19.6 Å². The van der Waals surface area contributed by atoms with E-state index in [1.54, 1.807) is 6.20 Å². The third-order valence-corrected chi connectivity index (χ3v) is 4.59. The first-order valence-corrected chi connectivity index (χ1v) is 6.35. The van der Waals surface area contributed by atoms with Gasteiger partial charge < -0.3 is 0 Å². The number of benzene rings is 1. The summed E-state index contributed by atoms with van der Waals surface area (Å²) in [6.07, 6.45) is 1.70. The van der Waals surface area contributed by atoms with Gasteiger partial charge in [-0.15, -0.1) is 0 Å². The topological polar surface area (TPSA) is 12.9 Å². The molecular formula is C9H3Br2FIN. The van der Waals surface area contributed by atoms with Crippen LogP contribution in [0.4, 0.5) is 4.39 Å². The number of aromatic nitrogens is 1. The van der Waals surface area contributed by atoms with Crippen molar-refractivity contribution >= 4 is 65.4 Å². The molecule has 1 aromatic carbocycles. The lowest BCUT2D eigenvalue weighted by molar-refractivity contribution is 0.628. The molecule has 72 valence electrons. The number of pyridine rings is 1. The summed E-state index contributed by atoms with van der Waals surface area (Å²) in [7, 11) is 0. The highest BCUT2D eigenvalue weighted by molar-refractivity contribution is 14.1. The van der Waals surface area contributed by atoms with Gasteiger partial charge in [-0.2, -0.15) is 0 Å². The molecule has 1 nitrogen and oxygen atoms in total. The van der Waals surface area contributed by atoms with Crippen LogP contribution >= 0.6 is 54.5 Å². The summed E-state index contributed by atoms with van der Waals surface area (Å²) in [6.45, 7) is 0. The Morgan fingerprint density at radius 3 is 2.71 bits per heavy atom. The summed E-state index contributed by atoms with van der Waals surface area (Å²) >= 11 is 8.80. The van der Waals surface area contributed by atoms with Gasteiger partial charge in [0.2, 0.25) is 0 Å². The number of nitrogens with zero attached hydrogens (tertiary/aromatic N) is 1. The summed E-state index contributed by atoms with van der Waals surface area (Å²) in [5.74, 6) is -0.248. The zero-order valence-corrected chi connectivity index (χ0v) is 12.0. The third-order valence-electron chi connectivity index (χ3n) is 1.78. The average molecular weight is 431 g/mol. The Morgan fingerprint density at radius 1 is 1.29 bits per heavy atom. The number of fused-ring (bicyclic) bond motifs is 1. The molecule has 1 aromatic heterocycles. The van der Waals surface area contributed by atoms with E-state index in [0.717, 1.165) is 23.4 Å². The lowest BCUT2D eigenvalue weighted by Crippen LogP contribution is -1.87. The van der Waals surface area contributed by atoms with Crippen molar-refractivity contribution in [2.24, 2.45) is 0 Å². The van der Waals surface area contributed by atoms with Gasteiger partial charge in [-0.25, -0.2) is 4.39 Å². The minimum absolute atomic E-state index is 0.248. The highest BCUT2D eigenvalue weighted by Crippen LogP contribution is 2.32. The Morgan fingerprint density at radius 2 is 2.00 bits per heavy atom. The quantitative estimate of drug-likeness (QED) is 0.561. The Labute approximate surface area is 110 Å². The standard InChI is InChI=1S/C9H3Br2FIN/c10-6-3-14-9-5(8(6)11)1-4(12)2-7(9)13/h1-3H. The monoisotopic (exact) mass is 429 g/mol. The Kier molecular flexibility index (Phi) is 3.09. The molecule has 0 saturated carbocycles. The maximum atomic E-state index is 13.1. The van der Waals surface area contributed by atoms with E-state index in [4.69, 9.17) is 0 Å². The summed E-state index contributed by atoms with van der Waals surface area (Å²) < 4.78 is 15.6. The van der Waals surface area contributed by atoms with Crippen molar-refractivity contribution in [2.75, 3.05) is 0 Å². The first kappa shape index (κ1) is 10.8. The molecule has 0 atom stereocenters. The van der Waals surface area contributed by atoms with Crippen LogP contribution in [0.2, 0.25) is 0 Å². The lowest BCUT2D eigenvalue weighted by Gasteiger charge is -2.04. The summed E-state index contributed by atoms with van der Waals surface area (Å²) in [6, 6.07) is 2.94. The van der Waals surface area contributed by atoms with Gasteiger partial charge in [0.05, 0.1) is 9.99 Å². The fourth-order valence-corrected chi connectivity index (χ4v) is 2.62. The minimum atomic E-state index is -0.248. The van der Waals surface area contributed by atoms with Gasteiger partial charge in [0.1, 0.15) is 5.82 Å². The van der Waals surface area contributed by atoms with E-state index in [2.05, 4.69) is 59.4 Å². The fourth-order valence-electron chi connectivity index (χ4n) is 1.17. The van der Waals surface area contributed by atoms with Crippen LogP contribution in [0.15, 0.2) is 27.3 Å². The van der Waals surface area contributed by atoms with Crippen molar-refractivity contribution in [3.8, 4) is 0 Å². The van der Waals surface area contributed by atoms with E-state index in [0.29, 0.717) is 0 Å². The zero-order valence-electron chi connectivity index (χ0n) is 6.69. The van der Waals surface area contributed by atoms with Crippen LogP contribution in [-0.2, 0) is 0 Å². The molecule has 14 heavy (non-hydrogen) atoms. The Balaban J connectivity index is 2.95. The van der Waals surface area contributed by atoms with E-state index in [1.807, 2.05) is 0 Å². The molecule has 2 aromatic rings. The van der Waals surface area contributed by atoms with Crippen molar-refractivity contribution in [3.63, 3.8) is 0 Å². The molecule has 0 N–H and O–H groups in total. The average Bonchev–Trinajstić information content (AvgIpc) is 2.12. The molecule has 0 unspecified atom stereocenters. The second kappa shape index (κ2) is 4.02. The predicted molar refractivity (Wildman–Crippen MR) is 69.8 cm³/mol. The van der Waals surface area contributed by atoms with Crippen LogP contribution in [0.1, 0.15) is 0 Å². The van der Waals surface area contributed by atoms with Gasteiger partial charge in [0.25, 0.3) is 0 Å². The molecular weight excluding hydrogens is 428 g/mol. The van der Waals surface area contributed by atoms with Crippen LogP contribution in [-0.4, -0.2) is 4.98 Å². The SMILES string of the molecule is Fc1cc(I)c2ncc(Br)c(Br)c2c1. The van der Waals surface area contributed by atoms with Crippen LogP contribution < -0.4 is 0 Å². The Bertz CT molecular complexity index is 516. The van der Waals surface area contributed by atoms with Gasteiger partial charge in [0.15, 0.2) is 0 Å². The minimum Gasteiger partial charge on any atom is -0.254 e. The van der Waals surface area contributed by atoms with Gasteiger partial charge >= 0.3 is 0 Å². The predicted octanol–water partition coefficient (Wildman–Crippen LogP) is 4.50. The molecule has 0 amide bonds. The highest BCUT2D eigenvalue weighted by Gasteiger charge is 2.08. The van der Waals surface area contributed by atoms with Crippen molar-refractivity contribution in [1.82, 2.24) is 4.98 Å². The van der Waals surface area contributed by atoms with E-state index in [-0.39, 0.29) is 5.82 Å². The molecule has 0 saturated heterocycles. The van der Waals surface area contributed by atoms with E-state index in [9.17, 15) is 4.39 Å². The van der Waals surface area contributed by atoms with Crippen molar-refractivity contribution < 1.29 is 4.39 Å². The van der Waals surface area contributed by atoms with Crippen LogP contribution in [0.5, 0.6) is 0 Å². The molecule has 5 heteroatoms. The summed E-state index contributed by atoms with van der Waals surface area (Å²) in [4.78, 5) is 4.23. The van der Waals surface area contributed by atoms with Gasteiger partial charge in [-0.1, -0.05) is 0 Å². The maximum absolute atomic E-state index is 13.1. The third kappa shape index (κ3) is 1.81. The van der Waals surface area contributed by atoms with E-state index in [1.165, 1.54) is 12.1 Å². The van der Waals surface area contributed by atoms with Crippen LogP contribution in [0.3, 0.4) is 0 Å². The maximum Gasteiger partial charge on any atom is 0.125 e. The molecule has 0 aliphatic carbocycles. The molecule has 0 aliphatic heterocycles. The van der Waals surface area contributed by atoms with Crippen LogP contribution in [0.25, 0.3) is 10.9 Å². The second-order valence-corrected chi connectivity index (χ2v) is 5.51. The number of rotatable bonds is 0. The first-order valence-electron chi connectivity index (χ1n) is 3.68.